The Morgan fingerprint density at radius 2 is 0.589 bits per heavy atom. The number of rotatable bonds is 58. The first-order valence-corrected chi connectivity index (χ1v) is 33.3. The number of carbonyl (C=O) groups is 2. The quantitative estimate of drug-likeness (QED) is 0.0358. The van der Waals surface area contributed by atoms with Gasteiger partial charge < -0.3 is 19.7 Å². The van der Waals surface area contributed by atoms with E-state index in [2.05, 4.69) is 19.1 Å². The largest absolute Gasteiger partial charge is 0.465 e. The predicted molar refractivity (Wildman–Crippen MR) is 315 cm³/mol. The molecule has 1 rings (SSSR count). The first-order chi connectivity index (χ1) is 36.1. The maximum atomic E-state index is 12.5. The topological polar surface area (TPSA) is 93.1 Å². The van der Waals surface area contributed by atoms with Crippen molar-refractivity contribution in [3.05, 3.63) is 12.2 Å². The van der Waals surface area contributed by atoms with E-state index in [-0.39, 0.29) is 19.6 Å². The van der Waals surface area contributed by atoms with Crippen molar-refractivity contribution in [3.63, 3.8) is 0 Å². The van der Waals surface area contributed by atoms with Crippen LogP contribution in [-0.2, 0) is 19.1 Å². The highest BCUT2D eigenvalue weighted by molar-refractivity contribution is 5.80. The number of carbonyl (C=O) groups excluding carboxylic acids is 2. The van der Waals surface area contributed by atoms with Crippen LogP contribution in [0.25, 0.3) is 0 Å². The fourth-order valence-corrected chi connectivity index (χ4v) is 11.1. The van der Waals surface area contributed by atoms with Crippen LogP contribution >= 0.6 is 0 Å². The van der Waals surface area contributed by atoms with Gasteiger partial charge in [0.1, 0.15) is 13.2 Å². The van der Waals surface area contributed by atoms with Crippen LogP contribution in [0.1, 0.15) is 366 Å². The van der Waals surface area contributed by atoms with Crippen LogP contribution in [-0.4, -0.2) is 48.6 Å². The van der Waals surface area contributed by atoms with Gasteiger partial charge in [0.15, 0.2) is 0 Å². The summed E-state index contributed by atoms with van der Waals surface area (Å²) in [5.41, 5.74) is -1.14. The number of hydrogen-bond donors (Lipinski definition) is 2. The van der Waals surface area contributed by atoms with Gasteiger partial charge in [0.2, 0.25) is 0 Å². The standard InChI is InChI=1S/C67H128O6/c1-2-3-4-5-6-7-8-9-10-11-12-13-14-15-16-17-18-19-20-21-22-23-24-25-26-27-28-29-30-31-32-33-34-35-36-37-38-39-40-41-42-43-44-45-46-47-48-49-50-51-52-53-54-55-56-57-58-64-59-65(70)72-62-67(60-68,61-69)63-73-66(64)71/h55-56,64,68-69H,2-54,57-63H2,1H3/b56-55+. The number of hydrogen-bond acceptors (Lipinski definition) is 6. The van der Waals surface area contributed by atoms with Crippen LogP contribution in [0.3, 0.4) is 0 Å². The second-order valence-electron chi connectivity index (χ2n) is 23.9. The molecule has 432 valence electrons. The van der Waals surface area contributed by atoms with Crippen molar-refractivity contribution >= 4 is 11.9 Å². The molecule has 1 saturated heterocycles. The highest BCUT2D eigenvalue weighted by atomic mass is 16.6. The van der Waals surface area contributed by atoms with Gasteiger partial charge in [0, 0.05) is 0 Å². The highest BCUT2D eigenvalue weighted by Crippen LogP contribution is 2.25. The first kappa shape index (κ1) is 69.6. The molecule has 0 aromatic carbocycles. The van der Waals surface area contributed by atoms with Crippen LogP contribution in [0.15, 0.2) is 12.2 Å². The van der Waals surface area contributed by atoms with Crippen molar-refractivity contribution in [2.45, 2.75) is 366 Å². The van der Waals surface area contributed by atoms with E-state index in [1.165, 1.54) is 334 Å². The fourth-order valence-electron chi connectivity index (χ4n) is 11.1. The smallest absolute Gasteiger partial charge is 0.309 e. The molecule has 0 aromatic rings. The Morgan fingerprint density at radius 1 is 0.356 bits per heavy atom. The Kier molecular flexibility index (Phi) is 54.2. The van der Waals surface area contributed by atoms with Crippen molar-refractivity contribution < 1.29 is 29.3 Å². The number of cyclic esters (lactones) is 2. The zero-order valence-corrected chi connectivity index (χ0v) is 49.2. The van der Waals surface area contributed by atoms with Gasteiger partial charge in [0.25, 0.3) is 0 Å². The molecule has 1 heterocycles. The maximum absolute atomic E-state index is 12.5. The number of aliphatic hydroxyl groups excluding tert-OH is 2. The van der Waals surface area contributed by atoms with Gasteiger partial charge in [0.05, 0.1) is 31.0 Å². The van der Waals surface area contributed by atoms with Gasteiger partial charge in [-0.3, -0.25) is 9.59 Å². The SMILES string of the molecule is CCCCCCCCCCCCCCCCCCCCCCCCCCCCCCCCCCCCCCCCCCCCCCCCCCCCCC/C=C/CCC1CC(=O)OCC(CO)(CO)COC1=O. The minimum atomic E-state index is -1.14. The van der Waals surface area contributed by atoms with Crippen LogP contribution in [0, 0.1) is 11.3 Å². The lowest BCUT2D eigenvalue weighted by atomic mass is 9.92. The molecule has 73 heavy (non-hydrogen) atoms. The normalized spacial score (nSPS) is 15.2. The van der Waals surface area contributed by atoms with Crippen molar-refractivity contribution in [2.75, 3.05) is 26.4 Å². The molecule has 0 spiro atoms. The van der Waals surface area contributed by atoms with Crippen LogP contribution in [0.4, 0.5) is 0 Å². The summed E-state index contributed by atoms with van der Waals surface area (Å²) in [5.74, 6) is -1.50. The summed E-state index contributed by atoms with van der Waals surface area (Å²) in [4.78, 5) is 24.7. The van der Waals surface area contributed by atoms with Crippen molar-refractivity contribution in [1.82, 2.24) is 0 Å². The maximum Gasteiger partial charge on any atom is 0.309 e. The monoisotopic (exact) mass is 1030 g/mol. The summed E-state index contributed by atoms with van der Waals surface area (Å²) in [6.07, 6.45) is 81.9. The molecule has 0 radical (unpaired) electrons. The summed E-state index contributed by atoms with van der Waals surface area (Å²) in [5, 5.41) is 19.2. The molecular formula is C67H128O6. The number of allylic oxidation sites excluding steroid dienone is 2. The van der Waals surface area contributed by atoms with E-state index in [4.69, 9.17) is 9.47 Å². The zero-order chi connectivity index (χ0) is 52.5. The minimum absolute atomic E-state index is 0.0283. The van der Waals surface area contributed by atoms with E-state index in [1.54, 1.807) is 0 Å². The number of unbranched alkanes of at least 4 members (excludes halogenated alkanes) is 52. The van der Waals surface area contributed by atoms with Crippen molar-refractivity contribution in [3.8, 4) is 0 Å². The lowest BCUT2D eigenvalue weighted by molar-refractivity contribution is -0.154. The van der Waals surface area contributed by atoms with Gasteiger partial charge in [-0.25, -0.2) is 0 Å². The van der Waals surface area contributed by atoms with Gasteiger partial charge >= 0.3 is 11.9 Å². The number of esters is 2. The molecule has 0 aliphatic carbocycles. The van der Waals surface area contributed by atoms with Crippen molar-refractivity contribution in [1.29, 1.82) is 0 Å². The van der Waals surface area contributed by atoms with Gasteiger partial charge in [-0.2, -0.15) is 0 Å². The summed E-state index contributed by atoms with van der Waals surface area (Å²) in [6.45, 7) is 1.16. The molecule has 6 heteroatoms. The van der Waals surface area contributed by atoms with Crippen LogP contribution in [0.5, 0.6) is 0 Å². The zero-order valence-electron chi connectivity index (χ0n) is 49.2. The lowest BCUT2D eigenvalue weighted by Gasteiger charge is -2.27. The van der Waals surface area contributed by atoms with Gasteiger partial charge in [-0.1, -0.05) is 347 Å². The molecule has 6 nitrogen and oxygen atoms in total. The van der Waals surface area contributed by atoms with E-state index in [0.29, 0.717) is 12.8 Å². The molecule has 0 aromatic heterocycles. The fraction of sp³-hybridized carbons (Fsp3) is 0.940. The average Bonchev–Trinajstić information content (AvgIpc) is 3.46. The molecule has 0 amide bonds. The molecule has 0 saturated carbocycles. The van der Waals surface area contributed by atoms with Gasteiger partial charge in [-0.05, 0) is 25.7 Å². The predicted octanol–water partition coefficient (Wildman–Crippen LogP) is 21.1. The third-order valence-electron chi connectivity index (χ3n) is 16.5. The van der Waals surface area contributed by atoms with Crippen molar-refractivity contribution in [2.24, 2.45) is 11.3 Å². The first-order valence-electron chi connectivity index (χ1n) is 33.3. The third kappa shape index (κ3) is 48.7. The number of ether oxygens (including phenoxy) is 2. The summed E-state index contributed by atoms with van der Waals surface area (Å²) in [7, 11) is 0. The second kappa shape index (κ2) is 56.8. The Balaban J connectivity index is 1.67. The average molecular weight is 1030 g/mol. The Morgan fingerprint density at radius 3 is 0.849 bits per heavy atom. The molecule has 1 atom stereocenters. The van der Waals surface area contributed by atoms with E-state index in [9.17, 15) is 19.8 Å². The molecule has 1 aliphatic rings. The Labute approximate surface area is 455 Å². The summed E-state index contributed by atoms with van der Waals surface area (Å²) in [6, 6.07) is 0. The third-order valence-corrected chi connectivity index (χ3v) is 16.5. The van der Waals surface area contributed by atoms with E-state index in [0.717, 1.165) is 6.42 Å². The molecule has 1 fully saturated rings. The molecule has 1 aliphatic heterocycles. The van der Waals surface area contributed by atoms with Crippen LogP contribution < -0.4 is 0 Å². The number of aliphatic hydroxyl groups is 2. The van der Waals surface area contributed by atoms with Gasteiger partial charge in [-0.15, -0.1) is 0 Å². The summed E-state index contributed by atoms with van der Waals surface area (Å²) >= 11 is 0. The summed E-state index contributed by atoms with van der Waals surface area (Å²) < 4.78 is 10.6. The Hall–Kier alpha value is -1.40. The second-order valence-corrected chi connectivity index (χ2v) is 23.9. The highest BCUT2D eigenvalue weighted by Gasteiger charge is 2.36. The molecule has 0 bridgehead atoms. The van der Waals surface area contributed by atoms with E-state index < -0.39 is 36.5 Å². The van der Waals surface area contributed by atoms with E-state index >= 15 is 0 Å². The molecular weight excluding hydrogens is 901 g/mol. The molecule has 1 unspecified atom stereocenters. The lowest BCUT2D eigenvalue weighted by Crippen LogP contribution is -2.40. The van der Waals surface area contributed by atoms with Crippen LogP contribution in [0.2, 0.25) is 0 Å². The van der Waals surface area contributed by atoms with E-state index in [1.807, 2.05) is 0 Å². The molecule has 2 N–H and O–H groups in total. The minimum Gasteiger partial charge on any atom is -0.465 e. The Bertz CT molecular complexity index is 1150.